The van der Waals surface area contributed by atoms with Crippen LogP contribution in [-0.4, -0.2) is 60.9 Å². The van der Waals surface area contributed by atoms with Crippen LogP contribution >= 0.6 is 0 Å². The van der Waals surface area contributed by atoms with Crippen LogP contribution in [0.4, 0.5) is 8.78 Å². The summed E-state index contributed by atoms with van der Waals surface area (Å²) in [6.45, 7) is 6.68. The quantitative estimate of drug-likeness (QED) is 0.439. The molecule has 2 amide bonds. The van der Waals surface area contributed by atoms with Crippen LogP contribution in [-0.2, 0) is 20.7 Å². The fraction of sp³-hybridized carbons (Fsp3) is 0.636. The van der Waals surface area contributed by atoms with Gasteiger partial charge in [-0.25, -0.2) is 8.78 Å². The van der Waals surface area contributed by atoms with Crippen molar-refractivity contribution in [2.45, 2.75) is 57.7 Å². The zero-order chi connectivity index (χ0) is 23.0. The van der Waals surface area contributed by atoms with Crippen molar-refractivity contribution in [3.63, 3.8) is 0 Å². The molecule has 2 atom stereocenters. The summed E-state index contributed by atoms with van der Waals surface area (Å²) in [6, 6.07) is 2.30. The molecule has 0 aliphatic carbocycles. The van der Waals surface area contributed by atoms with Gasteiger partial charge in [-0.05, 0) is 42.9 Å². The number of ether oxygens (including phenoxy) is 1. The van der Waals surface area contributed by atoms with Gasteiger partial charge in [0.25, 0.3) is 0 Å². The number of carbonyl (C=O) groups is 2. The Kier molecular flexibility index (Phi) is 9.33. The summed E-state index contributed by atoms with van der Waals surface area (Å²) in [5.74, 6) is -1.70. The minimum atomic E-state index is -1.09. The Morgan fingerprint density at radius 1 is 1.13 bits per heavy atom. The molecule has 1 saturated heterocycles. The fourth-order valence-corrected chi connectivity index (χ4v) is 3.64. The highest BCUT2D eigenvalue weighted by Crippen LogP contribution is 2.22. The number of aliphatic hydroxyl groups excluding tert-OH is 1. The lowest BCUT2D eigenvalue weighted by atomic mass is 9.88. The van der Waals surface area contributed by atoms with Gasteiger partial charge in [0.15, 0.2) is 0 Å². The number of hydrogen-bond acceptors (Lipinski definition) is 5. The lowest BCUT2D eigenvalue weighted by Crippen LogP contribution is -2.62. The van der Waals surface area contributed by atoms with Gasteiger partial charge in [-0.2, -0.15) is 0 Å². The summed E-state index contributed by atoms with van der Waals surface area (Å²) in [4.78, 5) is 24.5. The van der Waals surface area contributed by atoms with Gasteiger partial charge >= 0.3 is 0 Å². The predicted molar refractivity (Wildman–Crippen MR) is 112 cm³/mol. The summed E-state index contributed by atoms with van der Waals surface area (Å²) < 4.78 is 32.5. The molecule has 0 saturated carbocycles. The van der Waals surface area contributed by atoms with Gasteiger partial charge in [-0.15, -0.1) is 0 Å². The van der Waals surface area contributed by atoms with Crippen LogP contribution in [0.15, 0.2) is 18.2 Å². The summed E-state index contributed by atoms with van der Waals surface area (Å²) in [6.07, 6.45) is -0.160. The Labute approximate surface area is 181 Å². The molecule has 0 bridgehead atoms. The van der Waals surface area contributed by atoms with Crippen LogP contribution in [0.2, 0.25) is 0 Å². The molecule has 0 spiro atoms. The Morgan fingerprint density at radius 2 is 1.74 bits per heavy atom. The highest BCUT2D eigenvalue weighted by atomic mass is 19.1. The maximum atomic E-state index is 13.5. The smallest absolute Gasteiger partial charge is 0.240 e. The van der Waals surface area contributed by atoms with E-state index in [1.807, 2.05) is 13.8 Å². The van der Waals surface area contributed by atoms with Crippen molar-refractivity contribution in [1.82, 2.24) is 16.0 Å². The van der Waals surface area contributed by atoms with Crippen LogP contribution in [0.25, 0.3) is 0 Å². The van der Waals surface area contributed by atoms with E-state index in [1.54, 1.807) is 0 Å². The van der Waals surface area contributed by atoms with Gasteiger partial charge < -0.3 is 25.8 Å². The van der Waals surface area contributed by atoms with E-state index in [4.69, 9.17) is 4.74 Å². The summed E-state index contributed by atoms with van der Waals surface area (Å²) >= 11 is 0. The largest absolute Gasteiger partial charge is 0.390 e. The molecule has 7 nitrogen and oxygen atoms in total. The van der Waals surface area contributed by atoms with Crippen molar-refractivity contribution >= 4 is 11.8 Å². The van der Waals surface area contributed by atoms with Crippen molar-refractivity contribution < 1.29 is 28.2 Å². The van der Waals surface area contributed by atoms with Crippen LogP contribution in [0.1, 0.15) is 39.2 Å². The van der Waals surface area contributed by atoms with Crippen molar-refractivity contribution in [2.24, 2.45) is 5.92 Å². The summed E-state index contributed by atoms with van der Waals surface area (Å²) in [5, 5.41) is 19.5. The second-order valence-electron chi connectivity index (χ2n) is 8.54. The van der Waals surface area contributed by atoms with E-state index < -0.39 is 29.3 Å². The number of aliphatic hydroxyl groups is 1. The molecule has 174 valence electrons. The molecule has 0 radical (unpaired) electrons. The SMILES string of the molecule is CC(=O)N[C@@H](Cc1cc(F)cc(F)c1)[C@H](O)CNC1(C(=O)NCC(C)C)CCOCC1. The number of β-amino-alcohol motifs (C(OH)–C–C–N with tert-alkyl or cyclic N) is 1. The minimum Gasteiger partial charge on any atom is -0.390 e. The van der Waals surface area contributed by atoms with E-state index in [0.717, 1.165) is 18.2 Å². The zero-order valence-corrected chi connectivity index (χ0v) is 18.3. The van der Waals surface area contributed by atoms with Crippen molar-refractivity contribution in [3.05, 3.63) is 35.4 Å². The third-order valence-corrected chi connectivity index (χ3v) is 5.33. The number of hydrogen-bond donors (Lipinski definition) is 4. The lowest BCUT2D eigenvalue weighted by molar-refractivity contribution is -0.132. The average molecular weight is 442 g/mol. The second kappa shape index (κ2) is 11.5. The van der Waals surface area contributed by atoms with Crippen molar-refractivity contribution in [3.8, 4) is 0 Å². The lowest BCUT2D eigenvalue weighted by Gasteiger charge is -2.38. The minimum absolute atomic E-state index is 0.0117. The van der Waals surface area contributed by atoms with Crippen LogP contribution < -0.4 is 16.0 Å². The van der Waals surface area contributed by atoms with E-state index in [-0.39, 0.29) is 24.8 Å². The average Bonchev–Trinajstić information content (AvgIpc) is 2.69. The Morgan fingerprint density at radius 3 is 2.29 bits per heavy atom. The summed E-state index contributed by atoms with van der Waals surface area (Å²) in [7, 11) is 0. The van der Waals surface area contributed by atoms with Crippen molar-refractivity contribution in [1.29, 1.82) is 0 Å². The highest BCUT2D eigenvalue weighted by molar-refractivity contribution is 5.86. The van der Waals surface area contributed by atoms with Gasteiger partial charge in [-0.1, -0.05) is 13.8 Å². The monoisotopic (exact) mass is 441 g/mol. The molecular weight excluding hydrogens is 408 g/mol. The number of carbonyl (C=O) groups excluding carboxylic acids is 2. The van der Waals surface area contributed by atoms with E-state index in [9.17, 15) is 23.5 Å². The van der Waals surface area contributed by atoms with Crippen molar-refractivity contribution in [2.75, 3.05) is 26.3 Å². The first-order valence-corrected chi connectivity index (χ1v) is 10.6. The Bertz CT molecular complexity index is 734. The van der Waals surface area contributed by atoms with E-state index in [2.05, 4.69) is 16.0 Å². The Balaban J connectivity index is 2.09. The van der Waals surface area contributed by atoms with E-state index >= 15 is 0 Å². The predicted octanol–water partition coefficient (Wildman–Crippen LogP) is 1.28. The standard InChI is InChI=1S/C22H33F2N3O4/c1-14(2)12-25-21(30)22(4-6-31-7-5-22)26-13-20(29)19(27-15(3)28)10-16-8-17(23)11-18(24)9-16/h8-9,11,14,19-20,26,29H,4-7,10,12-13H2,1-3H3,(H,25,30)(H,27,28)/t19-,20+/m0/s1. The molecule has 4 N–H and O–H groups in total. The molecule has 31 heavy (non-hydrogen) atoms. The fourth-order valence-electron chi connectivity index (χ4n) is 3.64. The molecule has 2 rings (SSSR count). The van der Waals surface area contributed by atoms with Crippen LogP contribution in [0, 0.1) is 17.6 Å². The molecule has 1 aliphatic heterocycles. The van der Waals surface area contributed by atoms with E-state index in [1.165, 1.54) is 6.92 Å². The zero-order valence-electron chi connectivity index (χ0n) is 18.3. The molecule has 1 fully saturated rings. The molecular formula is C22H33F2N3O4. The number of halogens is 2. The van der Waals surface area contributed by atoms with Crippen LogP contribution in [0.5, 0.6) is 0 Å². The second-order valence-corrected chi connectivity index (χ2v) is 8.54. The first kappa shape index (κ1) is 25.2. The third kappa shape index (κ3) is 7.83. The molecule has 0 unspecified atom stereocenters. The molecule has 9 heteroatoms. The maximum Gasteiger partial charge on any atom is 0.240 e. The van der Waals surface area contributed by atoms with Gasteiger partial charge in [0.1, 0.15) is 17.2 Å². The topological polar surface area (TPSA) is 99.7 Å². The van der Waals surface area contributed by atoms with E-state index in [0.29, 0.717) is 44.1 Å². The molecule has 1 aromatic carbocycles. The first-order valence-electron chi connectivity index (χ1n) is 10.6. The van der Waals surface area contributed by atoms with Gasteiger partial charge in [0.2, 0.25) is 11.8 Å². The number of rotatable bonds is 10. The van der Waals surface area contributed by atoms with Gasteiger partial charge in [-0.3, -0.25) is 9.59 Å². The number of amides is 2. The normalized spacial score (nSPS) is 17.8. The third-order valence-electron chi connectivity index (χ3n) is 5.33. The summed E-state index contributed by atoms with van der Waals surface area (Å²) in [5.41, 5.74) is -0.578. The maximum absolute atomic E-state index is 13.5. The first-order chi connectivity index (χ1) is 14.6. The molecule has 0 aromatic heterocycles. The van der Waals surface area contributed by atoms with Gasteiger partial charge in [0, 0.05) is 39.3 Å². The van der Waals surface area contributed by atoms with Crippen LogP contribution in [0.3, 0.4) is 0 Å². The highest BCUT2D eigenvalue weighted by Gasteiger charge is 2.40. The molecule has 1 aliphatic rings. The van der Waals surface area contributed by atoms with Gasteiger partial charge in [0.05, 0.1) is 12.1 Å². The number of benzene rings is 1. The molecule has 1 heterocycles. The Hall–Kier alpha value is -2.10. The number of nitrogens with one attached hydrogen (secondary N) is 3. The molecule has 1 aromatic rings.